The van der Waals surface area contributed by atoms with Crippen LogP contribution < -0.4 is 5.73 Å². The molecule has 4 aliphatic rings. The van der Waals surface area contributed by atoms with Gasteiger partial charge in [0.25, 0.3) is 0 Å². The minimum atomic E-state index is -0.235. The number of amides is 2. The smallest absolute Gasteiger partial charge is 0.227 e. The lowest BCUT2D eigenvalue weighted by atomic mass is 9.74. The minimum Gasteiger partial charge on any atom is -0.369 e. The van der Waals surface area contributed by atoms with Crippen molar-refractivity contribution in [3.8, 4) is 11.3 Å². The van der Waals surface area contributed by atoms with Crippen molar-refractivity contribution in [2.24, 2.45) is 23.5 Å². The highest BCUT2D eigenvalue weighted by Gasteiger charge is 2.45. The average molecular weight is 479 g/mol. The van der Waals surface area contributed by atoms with Gasteiger partial charge in [0.05, 0.1) is 18.7 Å². The van der Waals surface area contributed by atoms with Crippen LogP contribution >= 0.6 is 0 Å². The van der Waals surface area contributed by atoms with Crippen molar-refractivity contribution in [3.05, 3.63) is 36.0 Å². The molecule has 2 N–H and O–H groups in total. The lowest BCUT2D eigenvalue weighted by molar-refractivity contribution is -0.146. The van der Waals surface area contributed by atoms with E-state index in [0.717, 1.165) is 43.7 Å². The summed E-state index contributed by atoms with van der Waals surface area (Å²) in [5.74, 6) is 0.430. The van der Waals surface area contributed by atoms with Crippen LogP contribution in [0.4, 0.5) is 0 Å². The molecule has 188 valence electrons. The standard InChI is InChI=1S/C27H38N6O2/c1-27(2,3)21-6-4-18(5-7-21)24-17-33(30-29-24)15-22-14-20-10-13-32(22)16-23(20)26(35)31-11-8-19(9-12-31)25(28)34/h4-7,17,19-20,22-23H,8-16H2,1-3H3,(H2,28,34)/t20-,22-,23+/m1/s1. The summed E-state index contributed by atoms with van der Waals surface area (Å²) in [6, 6.07) is 8.99. The molecule has 2 bridgehead atoms. The number of nitrogens with two attached hydrogens (primary N) is 1. The van der Waals surface area contributed by atoms with Crippen molar-refractivity contribution in [1.82, 2.24) is 24.8 Å². The van der Waals surface area contributed by atoms with Gasteiger partial charge < -0.3 is 10.6 Å². The Bertz CT molecular complexity index is 1060. The van der Waals surface area contributed by atoms with Crippen molar-refractivity contribution in [2.45, 2.75) is 64.5 Å². The van der Waals surface area contributed by atoms with Gasteiger partial charge in [-0.25, -0.2) is 0 Å². The number of benzene rings is 1. The first kappa shape index (κ1) is 24.0. The summed E-state index contributed by atoms with van der Waals surface area (Å²) < 4.78 is 1.96. The van der Waals surface area contributed by atoms with E-state index in [1.807, 2.05) is 15.8 Å². The third-order valence-corrected chi connectivity index (χ3v) is 8.39. The largest absolute Gasteiger partial charge is 0.369 e. The van der Waals surface area contributed by atoms with Crippen LogP contribution in [-0.4, -0.2) is 68.8 Å². The molecule has 4 aliphatic heterocycles. The molecule has 2 aromatic rings. The van der Waals surface area contributed by atoms with E-state index in [9.17, 15) is 9.59 Å². The van der Waals surface area contributed by atoms with Crippen LogP contribution in [0.5, 0.6) is 0 Å². The second-order valence-electron chi connectivity index (χ2n) is 11.7. The molecule has 0 aliphatic carbocycles. The monoisotopic (exact) mass is 478 g/mol. The van der Waals surface area contributed by atoms with Crippen LogP contribution in [0.15, 0.2) is 30.5 Å². The number of rotatable bonds is 5. The number of likely N-dealkylation sites (tertiary alicyclic amines) is 1. The second-order valence-corrected chi connectivity index (χ2v) is 11.7. The molecule has 0 saturated carbocycles. The summed E-state index contributed by atoms with van der Waals surface area (Å²) in [7, 11) is 0. The van der Waals surface area contributed by atoms with Crippen molar-refractivity contribution >= 4 is 11.8 Å². The van der Waals surface area contributed by atoms with E-state index in [-0.39, 0.29) is 29.1 Å². The summed E-state index contributed by atoms with van der Waals surface area (Å²) in [5, 5.41) is 8.85. The number of primary amides is 1. The van der Waals surface area contributed by atoms with Crippen LogP contribution in [0.3, 0.4) is 0 Å². The minimum absolute atomic E-state index is 0.0674. The van der Waals surface area contributed by atoms with E-state index < -0.39 is 0 Å². The Kier molecular flexibility index (Phi) is 6.42. The molecule has 4 fully saturated rings. The molecule has 1 aromatic carbocycles. The Morgan fingerprint density at radius 1 is 1.06 bits per heavy atom. The van der Waals surface area contributed by atoms with Crippen LogP contribution in [0.2, 0.25) is 0 Å². The van der Waals surface area contributed by atoms with Crippen molar-refractivity contribution in [3.63, 3.8) is 0 Å². The molecule has 0 radical (unpaired) electrons. The Hall–Kier alpha value is -2.74. The zero-order chi connectivity index (χ0) is 24.7. The van der Waals surface area contributed by atoms with Crippen LogP contribution in [0.1, 0.15) is 52.0 Å². The molecule has 4 saturated heterocycles. The quantitative estimate of drug-likeness (QED) is 0.713. The Morgan fingerprint density at radius 3 is 2.37 bits per heavy atom. The second kappa shape index (κ2) is 9.37. The maximum atomic E-state index is 13.3. The van der Waals surface area contributed by atoms with Crippen LogP contribution in [0, 0.1) is 17.8 Å². The molecule has 5 heterocycles. The predicted octanol–water partition coefficient (Wildman–Crippen LogP) is 2.68. The molecule has 6 rings (SSSR count). The maximum Gasteiger partial charge on any atom is 0.227 e. The van der Waals surface area contributed by atoms with Crippen molar-refractivity contribution in [2.75, 3.05) is 26.2 Å². The summed E-state index contributed by atoms with van der Waals surface area (Å²) >= 11 is 0. The number of aromatic nitrogens is 3. The fraction of sp³-hybridized carbons (Fsp3) is 0.630. The van der Waals surface area contributed by atoms with E-state index in [4.69, 9.17) is 5.73 Å². The third kappa shape index (κ3) is 4.99. The number of piperidine rings is 4. The number of carbonyl (C=O) groups excluding carboxylic acids is 2. The first-order valence-electron chi connectivity index (χ1n) is 13.0. The lowest BCUT2D eigenvalue weighted by Crippen LogP contribution is -2.59. The number of nitrogens with zero attached hydrogens (tertiary/aromatic N) is 5. The van der Waals surface area contributed by atoms with Gasteiger partial charge >= 0.3 is 0 Å². The molecule has 0 spiro atoms. The maximum absolute atomic E-state index is 13.3. The van der Waals surface area contributed by atoms with Gasteiger partial charge in [0.2, 0.25) is 11.8 Å². The molecule has 35 heavy (non-hydrogen) atoms. The average Bonchev–Trinajstić information content (AvgIpc) is 3.32. The van der Waals surface area contributed by atoms with Gasteiger partial charge in [0.15, 0.2) is 0 Å². The summed E-state index contributed by atoms with van der Waals surface area (Å²) in [6.45, 7) is 10.6. The van der Waals surface area contributed by atoms with Gasteiger partial charge in [-0.05, 0) is 49.1 Å². The SMILES string of the molecule is CC(C)(C)c1ccc(-c2cn(C[C@H]3C[C@H]4CCN3C[C@@H]4C(=O)N3CCC(C(N)=O)CC3)nn2)cc1. The highest BCUT2D eigenvalue weighted by atomic mass is 16.2. The normalized spacial score (nSPS) is 27.2. The van der Waals surface area contributed by atoms with E-state index >= 15 is 0 Å². The number of fused-ring (bicyclic) bond motifs is 3. The topological polar surface area (TPSA) is 97.3 Å². The highest BCUT2D eigenvalue weighted by molar-refractivity contribution is 5.81. The first-order chi connectivity index (χ1) is 16.7. The van der Waals surface area contributed by atoms with Gasteiger partial charge in [-0.1, -0.05) is 50.3 Å². The number of hydrogen-bond acceptors (Lipinski definition) is 5. The van der Waals surface area contributed by atoms with E-state index in [1.165, 1.54) is 5.56 Å². The first-order valence-corrected chi connectivity index (χ1v) is 13.0. The van der Waals surface area contributed by atoms with E-state index in [0.29, 0.717) is 37.9 Å². The van der Waals surface area contributed by atoms with Gasteiger partial charge in [-0.3, -0.25) is 19.2 Å². The fourth-order valence-electron chi connectivity index (χ4n) is 6.10. The van der Waals surface area contributed by atoms with Gasteiger partial charge in [-0.2, -0.15) is 0 Å². The van der Waals surface area contributed by atoms with Crippen LogP contribution in [-0.2, 0) is 21.5 Å². The van der Waals surface area contributed by atoms with Gasteiger partial charge in [0.1, 0.15) is 5.69 Å². The zero-order valence-corrected chi connectivity index (χ0v) is 21.2. The molecule has 1 aromatic heterocycles. The van der Waals surface area contributed by atoms with Gasteiger partial charge in [0, 0.05) is 37.2 Å². The Balaban J connectivity index is 1.19. The predicted molar refractivity (Wildman–Crippen MR) is 134 cm³/mol. The van der Waals surface area contributed by atoms with Crippen LogP contribution in [0.25, 0.3) is 11.3 Å². The summed E-state index contributed by atoms with van der Waals surface area (Å²) in [5.41, 5.74) is 8.87. The molecular weight excluding hydrogens is 440 g/mol. The molecule has 4 atom stereocenters. The van der Waals surface area contributed by atoms with Crippen molar-refractivity contribution < 1.29 is 9.59 Å². The zero-order valence-electron chi connectivity index (χ0n) is 21.2. The molecule has 8 nitrogen and oxygen atoms in total. The fourth-order valence-corrected chi connectivity index (χ4v) is 6.10. The number of hydrogen-bond donors (Lipinski definition) is 1. The summed E-state index contributed by atoms with van der Waals surface area (Å²) in [4.78, 5) is 29.2. The Labute approximate surface area is 207 Å². The Morgan fingerprint density at radius 2 is 1.77 bits per heavy atom. The van der Waals surface area contributed by atoms with E-state index in [2.05, 4.69) is 60.2 Å². The highest BCUT2D eigenvalue weighted by Crippen LogP contribution is 2.38. The number of carbonyl (C=O) groups is 2. The third-order valence-electron chi connectivity index (χ3n) is 8.39. The van der Waals surface area contributed by atoms with Crippen molar-refractivity contribution in [1.29, 1.82) is 0 Å². The molecule has 1 unspecified atom stereocenters. The molecule has 2 amide bonds. The van der Waals surface area contributed by atoms with E-state index in [1.54, 1.807) is 0 Å². The summed E-state index contributed by atoms with van der Waals surface area (Å²) in [6.07, 6.45) is 5.52. The van der Waals surface area contributed by atoms with Gasteiger partial charge in [-0.15, -0.1) is 5.10 Å². The molecule has 8 heteroatoms. The molecular formula is C27H38N6O2. The lowest BCUT2D eigenvalue weighted by Gasteiger charge is -2.50.